The molecule has 0 spiro atoms. The van der Waals surface area contributed by atoms with E-state index in [9.17, 15) is 14.0 Å². The number of amides is 2. The Kier molecular flexibility index (Phi) is 5.70. The first kappa shape index (κ1) is 17.4. The maximum Gasteiger partial charge on any atom is 0.261 e. The van der Waals surface area contributed by atoms with Gasteiger partial charge in [-0.2, -0.15) is 5.10 Å². The molecule has 8 heteroatoms. The molecule has 2 amide bonds. The van der Waals surface area contributed by atoms with Crippen molar-refractivity contribution in [1.82, 2.24) is 20.4 Å². The van der Waals surface area contributed by atoms with Crippen molar-refractivity contribution in [2.24, 2.45) is 13.0 Å². The molecule has 2 rings (SSSR count). The van der Waals surface area contributed by atoms with Crippen LogP contribution in [0.5, 0.6) is 0 Å². The Hall–Kier alpha value is -1.96. The van der Waals surface area contributed by atoms with Crippen molar-refractivity contribution < 1.29 is 14.0 Å². The molecule has 0 bridgehead atoms. The highest BCUT2D eigenvalue weighted by molar-refractivity contribution is 7.20. The van der Waals surface area contributed by atoms with Gasteiger partial charge in [0, 0.05) is 19.0 Å². The van der Waals surface area contributed by atoms with E-state index in [1.807, 2.05) is 13.8 Å². The fourth-order valence-corrected chi connectivity index (χ4v) is 3.10. The maximum atomic E-state index is 12.1. The van der Waals surface area contributed by atoms with Crippen molar-refractivity contribution in [3.05, 3.63) is 16.6 Å². The summed E-state index contributed by atoms with van der Waals surface area (Å²) in [5, 5.41) is 10.7. The van der Waals surface area contributed by atoms with Crippen LogP contribution < -0.4 is 10.6 Å². The minimum atomic E-state index is -0.678. The Morgan fingerprint density at radius 2 is 2.13 bits per heavy atom. The van der Waals surface area contributed by atoms with Crippen LogP contribution in [0.15, 0.2) is 6.07 Å². The number of aryl methyl sites for hydroxylation is 1. The topological polar surface area (TPSA) is 76.0 Å². The van der Waals surface area contributed by atoms with Crippen LogP contribution in [0.3, 0.4) is 0 Å². The fraction of sp³-hybridized carbons (Fsp3) is 0.533. The second-order valence-corrected chi connectivity index (χ2v) is 6.75. The van der Waals surface area contributed by atoms with Gasteiger partial charge in [0.25, 0.3) is 5.91 Å². The average Bonchev–Trinajstić information content (AvgIpc) is 3.04. The van der Waals surface area contributed by atoms with E-state index in [0.717, 1.165) is 10.2 Å². The SMILES string of the molecule is CC(C)CNC(=O)c1cc2c(CNC(=O)CCF)nn(C)c2s1. The van der Waals surface area contributed by atoms with E-state index in [-0.39, 0.29) is 24.8 Å². The molecule has 126 valence electrons. The van der Waals surface area contributed by atoms with Crippen molar-refractivity contribution in [2.75, 3.05) is 13.2 Å². The van der Waals surface area contributed by atoms with Gasteiger partial charge < -0.3 is 10.6 Å². The zero-order valence-electron chi connectivity index (χ0n) is 13.5. The Bertz CT molecular complexity index is 708. The van der Waals surface area contributed by atoms with E-state index < -0.39 is 6.67 Å². The van der Waals surface area contributed by atoms with Crippen LogP contribution in [0, 0.1) is 5.92 Å². The highest BCUT2D eigenvalue weighted by Gasteiger charge is 2.17. The standard InChI is InChI=1S/C15H21FN4O2S/c1-9(2)7-18-14(22)12-6-10-11(8-17-13(21)4-5-16)19-20(3)15(10)23-12/h6,9H,4-5,7-8H2,1-3H3,(H,17,21)(H,18,22). The van der Waals surface area contributed by atoms with Crippen LogP contribution in [0.2, 0.25) is 0 Å². The Labute approximate surface area is 138 Å². The van der Waals surface area contributed by atoms with Gasteiger partial charge in [-0.15, -0.1) is 11.3 Å². The average molecular weight is 340 g/mol. The van der Waals surface area contributed by atoms with Crippen molar-refractivity contribution in [2.45, 2.75) is 26.8 Å². The molecule has 23 heavy (non-hydrogen) atoms. The summed E-state index contributed by atoms with van der Waals surface area (Å²) in [5.74, 6) is -0.0694. The second kappa shape index (κ2) is 7.54. The number of aromatic nitrogens is 2. The lowest BCUT2D eigenvalue weighted by Gasteiger charge is -2.05. The summed E-state index contributed by atoms with van der Waals surface area (Å²) < 4.78 is 13.8. The summed E-state index contributed by atoms with van der Waals surface area (Å²) in [5.41, 5.74) is 0.675. The van der Waals surface area contributed by atoms with E-state index in [4.69, 9.17) is 0 Å². The van der Waals surface area contributed by atoms with Crippen LogP contribution in [0.25, 0.3) is 10.2 Å². The lowest BCUT2D eigenvalue weighted by Crippen LogP contribution is -2.26. The lowest BCUT2D eigenvalue weighted by atomic mass is 10.2. The van der Waals surface area contributed by atoms with E-state index in [1.54, 1.807) is 17.8 Å². The molecule has 0 atom stereocenters. The molecule has 0 unspecified atom stereocenters. The van der Waals surface area contributed by atoms with Crippen molar-refractivity contribution in [3.8, 4) is 0 Å². The summed E-state index contributed by atoms with van der Waals surface area (Å²) in [7, 11) is 1.79. The summed E-state index contributed by atoms with van der Waals surface area (Å²) in [4.78, 5) is 25.0. The summed E-state index contributed by atoms with van der Waals surface area (Å²) in [6, 6.07) is 1.79. The van der Waals surface area contributed by atoms with E-state index in [1.165, 1.54) is 11.3 Å². The highest BCUT2D eigenvalue weighted by atomic mass is 32.1. The first-order chi connectivity index (χ1) is 10.9. The van der Waals surface area contributed by atoms with Crippen LogP contribution in [0.4, 0.5) is 4.39 Å². The molecule has 2 aromatic rings. The molecule has 0 aromatic carbocycles. The van der Waals surface area contributed by atoms with Gasteiger partial charge in [-0.25, -0.2) is 0 Å². The minimum absolute atomic E-state index is 0.104. The van der Waals surface area contributed by atoms with Crippen molar-refractivity contribution >= 4 is 33.4 Å². The number of alkyl halides is 1. The number of thiophene rings is 1. The smallest absolute Gasteiger partial charge is 0.261 e. The molecule has 0 fully saturated rings. The lowest BCUT2D eigenvalue weighted by molar-refractivity contribution is -0.121. The Morgan fingerprint density at radius 3 is 2.78 bits per heavy atom. The second-order valence-electron chi connectivity index (χ2n) is 5.72. The van der Waals surface area contributed by atoms with E-state index in [2.05, 4.69) is 15.7 Å². The quantitative estimate of drug-likeness (QED) is 0.809. The van der Waals surface area contributed by atoms with E-state index in [0.29, 0.717) is 23.0 Å². The van der Waals surface area contributed by atoms with Gasteiger partial charge in [0.05, 0.1) is 30.2 Å². The molecular weight excluding hydrogens is 319 g/mol. The monoisotopic (exact) mass is 340 g/mol. The fourth-order valence-electron chi connectivity index (χ4n) is 2.09. The summed E-state index contributed by atoms with van der Waals surface area (Å²) in [6.45, 7) is 4.24. The maximum absolute atomic E-state index is 12.1. The number of hydrogen-bond acceptors (Lipinski definition) is 4. The third kappa shape index (κ3) is 4.28. The van der Waals surface area contributed by atoms with Gasteiger partial charge in [-0.1, -0.05) is 13.8 Å². The third-order valence-corrected chi connectivity index (χ3v) is 4.46. The van der Waals surface area contributed by atoms with Crippen molar-refractivity contribution in [1.29, 1.82) is 0 Å². The number of carbonyl (C=O) groups is 2. The van der Waals surface area contributed by atoms with Gasteiger partial charge in [-0.3, -0.25) is 18.7 Å². The van der Waals surface area contributed by atoms with Crippen LogP contribution in [-0.2, 0) is 18.4 Å². The molecule has 2 N–H and O–H groups in total. The van der Waals surface area contributed by atoms with Gasteiger partial charge in [0.1, 0.15) is 4.83 Å². The molecule has 0 radical (unpaired) electrons. The molecule has 2 aromatic heterocycles. The van der Waals surface area contributed by atoms with Gasteiger partial charge in [0.2, 0.25) is 5.91 Å². The molecule has 6 nitrogen and oxygen atoms in total. The molecule has 0 saturated heterocycles. The first-order valence-corrected chi connectivity index (χ1v) is 8.30. The summed E-state index contributed by atoms with van der Waals surface area (Å²) >= 11 is 1.36. The molecule has 0 aliphatic heterocycles. The van der Waals surface area contributed by atoms with Crippen LogP contribution in [0.1, 0.15) is 35.6 Å². The highest BCUT2D eigenvalue weighted by Crippen LogP contribution is 2.28. The Morgan fingerprint density at radius 1 is 1.39 bits per heavy atom. The predicted octanol–water partition coefficient (Wildman–Crippen LogP) is 2.00. The predicted molar refractivity (Wildman–Crippen MR) is 88.2 cm³/mol. The van der Waals surface area contributed by atoms with Crippen LogP contribution >= 0.6 is 11.3 Å². The zero-order chi connectivity index (χ0) is 17.0. The molecular formula is C15H21FN4O2S. The number of rotatable bonds is 7. The molecule has 0 aliphatic rings. The largest absolute Gasteiger partial charge is 0.351 e. The summed E-state index contributed by atoms with van der Waals surface area (Å²) in [6.07, 6.45) is -0.150. The molecule has 0 aliphatic carbocycles. The number of carbonyl (C=O) groups excluding carboxylic acids is 2. The minimum Gasteiger partial charge on any atom is -0.351 e. The van der Waals surface area contributed by atoms with E-state index >= 15 is 0 Å². The first-order valence-electron chi connectivity index (χ1n) is 7.48. The number of hydrogen-bond donors (Lipinski definition) is 2. The zero-order valence-corrected chi connectivity index (χ0v) is 14.3. The van der Waals surface area contributed by atoms with Crippen molar-refractivity contribution in [3.63, 3.8) is 0 Å². The number of nitrogens with zero attached hydrogens (tertiary/aromatic N) is 2. The van der Waals surface area contributed by atoms with Gasteiger partial charge in [0.15, 0.2) is 0 Å². The van der Waals surface area contributed by atoms with Gasteiger partial charge in [-0.05, 0) is 12.0 Å². The third-order valence-electron chi connectivity index (χ3n) is 3.26. The number of halogens is 1. The van der Waals surface area contributed by atoms with Crippen LogP contribution in [-0.4, -0.2) is 34.8 Å². The number of nitrogens with one attached hydrogen (secondary N) is 2. The molecule has 0 saturated carbocycles. The van der Waals surface area contributed by atoms with Gasteiger partial charge >= 0.3 is 0 Å². The normalized spacial score (nSPS) is 11.2. The Balaban J connectivity index is 2.14. The number of fused-ring (bicyclic) bond motifs is 1. The molecule has 2 heterocycles.